The van der Waals surface area contributed by atoms with Crippen molar-refractivity contribution < 1.29 is 24.3 Å². The minimum absolute atomic E-state index is 0.118. The molecular formula is C18H21N3O5. The maximum absolute atomic E-state index is 12.0. The lowest BCUT2D eigenvalue weighted by Gasteiger charge is -2.11. The first-order valence-electron chi connectivity index (χ1n) is 7.83. The van der Waals surface area contributed by atoms with Crippen LogP contribution in [0.2, 0.25) is 0 Å². The lowest BCUT2D eigenvalue weighted by atomic mass is 10.1. The predicted molar refractivity (Wildman–Crippen MR) is 95.6 cm³/mol. The van der Waals surface area contributed by atoms with Gasteiger partial charge in [-0.15, -0.1) is 0 Å². The van der Waals surface area contributed by atoms with Gasteiger partial charge in [0.05, 0.1) is 20.8 Å². The second kappa shape index (κ2) is 9.40. The van der Waals surface area contributed by atoms with Crippen molar-refractivity contribution in [3.05, 3.63) is 53.6 Å². The first-order chi connectivity index (χ1) is 12.6. The molecule has 0 saturated carbocycles. The van der Waals surface area contributed by atoms with E-state index in [4.69, 9.17) is 14.7 Å². The zero-order valence-electron chi connectivity index (χ0n) is 14.5. The number of methoxy groups -OCH3 is 2. The molecule has 0 bridgehead atoms. The molecule has 2 aromatic carbocycles. The quantitative estimate of drug-likeness (QED) is 0.421. The van der Waals surface area contributed by atoms with Crippen molar-refractivity contribution in [1.29, 1.82) is 0 Å². The molecule has 26 heavy (non-hydrogen) atoms. The summed E-state index contributed by atoms with van der Waals surface area (Å²) in [5.41, 5.74) is 3.43. The maximum atomic E-state index is 12.0. The summed E-state index contributed by atoms with van der Waals surface area (Å²) >= 11 is 0. The van der Waals surface area contributed by atoms with Crippen LogP contribution in [0.3, 0.4) is 0 Å². The molecule has 8 heteroatoms. The fourth-order valence-electron chi connectivity index (χ4n) is 2.28. The molecule has 4 N–H and O–H groups in total. The van der Waals surface area contributed by atoms with Crippen LogP contribution in [0, 0.1) is 0 Å². The Morgan fingerprint density at radius 2 is 1.69 bits per heavy atom. The number of hydrogen-bond acceptors (Lipinski definition) is 6. The highest BCUT2D eigenvalue weighted by Gasteiger charge is 2.08. The maximum Gasteiger partial charge on any atom is 0.274 e. The number of hydroxylamine groups is 1. The van der Waals surface area contributed by atoms with E-state index in [1.165, 1.54) is 7.11 Å². The van der Waals surface area contributed by atoms with Gasteiger partial charge in [-0.3, -0.25) is 14.8 Å². The molecule has 0 aliphatic heterocycles. The average molecular weight is 359 g/mol. The Morgan fingerprint density at radius 1 is 1.00 bits per heavy atom. The van der Waals surface area contributed by atoms with Gasteiger partial charge in [0.25, 0.3) is 5.91 Å². The zero-order chi connectivity index (χ0) is 18.9. The Hall–Kier alpha value is -3.10. The summed E-state index contributed by atoms with van der Waals surface area (Å²) < 4.78 is 10.3. The van der Waals surface area contributed by atoms with E-state index in [0.29, 0.717) is 29.3 Å². The van der Waals surface area contributed by atoms with Crippen molar-refractivity contribution in [1.82, 2.24) is 10.8 Å². The van der Waals surface area contributed by atoms with Gasteiger partial charge in [0.15, 0.2) is 11.5 Å². The van der Waals surface area contributed by atoms with Gasteiger partial charge >= 0.3 is 0 Å². The number of carbonyl (C=O) groups excluding carboxylic acids is 2. The van der Waals surface area contributed by atoms with Gasteiger partial charge in [0, 0.05) is 23.9 Å². The van der Waals surface area contributed by atoms with Gasteiger partial charge < -0.3 is 20.1 Å². The van der Waals surface area contributed by atoms with E-state index in [9.17, 15) is 9.59 Å². The van der Waals surface area contributed by atoms with Crippen molar-refractivity contribution in [3.8, 4) is 11.5 Å². The van der Waals surface area contributed by atoms with Crippen LogP contribution in [0.15, 0.2) is 42.5 Å². The highest BCUT2D eigenvalue weighted by Crippen LogP contribution is 2.29. The smallest absolute Gasteiger partial charge is 0.274 e. The van der Waals surface area contributed by atoms with Crippen molar-refractivity contribution in [2.75, 3.05) is 26.1 Å². The third-order valence-corrected chi connectivity index (χ3v) is 3.60. The van der Waals surface area contributed by atoms with E-state index < -0.39 is 5.91 Å². The van der Waals surface area contributed by atoms with Crippen LogP contribution in [0.4, 0.5) is 5.69 Å². The summed E-state index contributed by atoms with van der Waals surface area (Å²) in [7, 11) is 3.07. The van der Waals surface area contributed by atoms with Crippen molar-refractivity contribution in [2.45, 2.75) is 6.54 Å². The molecule has 0 spiro atoms. The predicted octanol–water partition coefficient (Wildman–Crippen LogP) is 1.55. The van der Waals surface area contributed by atoms with Crippen LogP contribution in [0.1, 0.15) is 15.9 Å². The molecule has 138 valence electrons. The van der Waals surface area contributed by atoms with E-state index in [1.54, 1.807) is 55.1 Å². The number of rotatable bonds is 8. The third kappa shape index (κ3) is 5.20. The Balaban J connectivity index is 1.83. The van der Waals surface area contributed by atoms with E-state index in [2.05, 4.69) is 10.6 Å². The van der Waals surface area contributed by atoms with Gasteiger partial charge in [0.2, 0.25) is 5.91 Å². The minimum atomic E-state index is -0.571. The Labute approximate surface area is 151 Å². The molecule has 0 heterocycles. The highest BCUT2D eigenvalue weighted by molar-refractivity contribution is 5.93. The van der Waals surface area contributed by atoms with Crippen LogP contribution in [-0.2, 0) is 11.3 Å². The topological polar surface area (TPSA) is 109 Å². The molecule has 0 unspecified atom stereocenters. The summed E-state index contributed by atoms with van der Waals surface area (Å²) in [6.45, 7) is 0.577. The average Bonchev–Trinajstić information content (AvgIpc) is 2.67. The molecular weight excluding hydrogens is 338 g/mol. The third-order valence-electron chi connectivity index (χ3n) is 3.60. The number of hydrogen-bond donors (Lipinski definition) is 4. The monoisotopic (exact) mass is 359 g/mol. The van der Waals surface area contributed by atoms with Gasteiger partial charge in [-0.1, -0.05) is 12.1 Å². The molecule has 8 nitrogen and oxygen atoms in total. The van der Waals surface area contributed by atoms with E-state index >= 15 is 0 Å². The molecule has 2 aromatic rings. The van der Waals surface area contributed by atoms with Crippen molar-refractivity contribution >= 4 is 17.5 Å². The standard InChI is InChI=1S/C18H21N3O5/c1-25-15-8-7-14(9-16(15)26-2)20-17(22)11-19-10-12-3-5-13(6-4-12)18(23)21-24/h3-9,19,24H,10-11H2,1-2H3,(H,20,22)(H,21,23). The number of nitrogens with one attached hydrogen (secondary N) is 3. The van der Waals surface area contributed by atoms with Gasteiger partial charge in [-0.2, -0.15) is 0 Å². The lowest BCUT2D eigenvalue weighted by molar-refractivity contribution is -0.115. The Morgan fingerprint density at radius 3 is 2.31 bits per heavy atom. The normalized spacial score (nSPS) is 10.1. The number of carbonyl (C=O) groups is 2. The Kier molecular flexibility index (Phi) is 6.95. The fourth-order valence-corrected chi connectivity index (χ4v) is 2.28. The lowest BCUT2D eigenvalue weighted by Crippen LogP contribution is -2.27. The van der Waals surface area contributed by atoms with Gasteiger partial charge in [0.1, 0.15) is 0 Å². The summed E-state index contributed by atoms with van der Waals surface area (Å²) in [4.78, 5) is 23.3. The number of benzene rings is 2. The fraction of sp³-hybridized carbons (Fsp3) is 0.222. The Bertz CT molecular complexity index is 762. The molecule has 0 radical (unpaired) electrons. The number of amides is 2. The van der Waals surface area contributed by atoms with Crippen LogP contribution in [0.5, 0.6) is 11.5 Å². The van der Waals surface area contributed by atoms with Crippen LogP contribution in [0.25, 0.3) is 0 Å². The molecule has 0 aliphatic rings. The first kappa shape index (κ1) is 19.2. The molecule has 0 fully saturated rings. The van der Waals surface area contributed by atoms with Gasteiger partial charge in [-0.05, 0) is 29.8 Å². The van der Waals surface area contributed by atoms with Crippen molar-refractivity contribution in [3.63, 3.8) is 0 Å². The SMILES string of the molecule is COc1ccc(NC(=O)CNCc2ccc(C(=O)NO)cc2)cc1OC. The van der Waals surface area contributed by atoms with E-state index in [1.807, 2.05) is 0 Å². The molecule has 2 rings (SSSR count). The molecule has 0 aliphatic carbocycles. The van der Waals surface area contributed by atoms with Crippen LogP contribution >= 0.6 is 0 Å². The van der Waals surface area contributed by atoms with Crippen LogP contribution in [-0.4, -0.2) is 37.8 Å². The first-order valence-corrected chi connectivity index (χ1v) is 7.83. The second-order valence-electron chi connectivity index (χ2n) is 5.36. The molecule has 0 atom stereocenters. The highest BCUT2D eigenvalue weighted by atomic mass is 16.5. The number of anilines is 1. The summed E-state index contributed by atoms with van der Waals surface area (Å²) in [5, 5.41) is 14.4. The summed E-state index contributed by atoms with van der Waals surface area (Å²) in [5.74, 6) is 0.347. The second-order valence-corrected chi connectivity index (χ2v) is 5.36. The summed E-state index contributed by atoms with van der Waals surface area (Å²) in [6, 6.07) is 11.8. The molecule has 0 saturated heterocycles. The zero-order valence-corrected chi connectivity index (χ0v) is 14.5. The van der Waals surface area contributed by atoms with E-state index in [0.717, 1.165) is 5.56 Å². The van der Waals surface area contributed by atoms with E-state index in [-0.39, 0.29) is 12.5 Å². The largest absolute Gasteiger partial charge is 0.493 e. The van der Waals surface area contributed by atoms with Crippen molar-refractivity contribution in [2.24, 2.45) is 0 Å². The molecule has 0 aromatic heterocycles. The van der Waals surface area contributed by atoms with Gasteiger partial charge in [-0.25, -0.2) is 5.48 Å². The summed E-state index contributed by atoms with van der Waals surface area (Å²) in [6.07, 6.45) is 0. The molecule has 2 amide bonds. The minimum Gasteiger partial charge on any atom is -0.493 e. The number of ether oxygens (including phenoxy) is 2. The van der Waals surface area contributed by atoms with Crippen LogP contribution < -0.4 is 25.6 Å².